The quantitative estimate of drug-likeness (QED) is 0.944. The second-order valence-corrected chi connectivity index (χ2v) is 4.63. The van der Waals surface area contributed by atoms with Crippen LogP contribution >= 0.6 is 15.9 Å². The van der Waals surface area contributed by atoms with E-state index in [0.29, 0.717) is 21.6 Å². The summed E-state index contributed by atoms with van der Waals surface area (Å²) in [7, 11) is 0. The summed E-state index contributed by atoms with van der Waals surface area (Å²) < 4.78 is 19.6. The number of halogens is 2. The highest BCUT2D eigenvalue weighted by Crippen LogP contribution is 2.29. The lowest BCUT2D eigenvalue weighted by Gasteiger charge is -2.10. The predicted molar refractivity (Wildman–Crippen MR) is 71.8 cm³/mol. The molecule has 0 atom stereocenters. The maximum Gasteiger partial charge on any atom is 0.228 e. The van der Waals surface area contributed by atoms with Crippen molar-refractivity contribution < 1.29 is 9.13 Å². The summed E-state index contributed by atoms with van der Waals surface area (Å²) in [6.07, 6.45) is 1.52. The van der Waals surface area contributed by atoms with Crippen LogP contribution in [0.25, 0.3) is 0 Å². The van der Waals surface area contributed by atoms with E-state index in [1.54, 1.807) is 18.2 Å². The molecule has 0 spiro atoms. The maximum atomic E-state index is 13.4. The van der Waals surface area contributed by atoms with Crippen LogP contribution in [0.1, 0.15) is 11.1 Å². The standard InChI is InChI=1S/C13H12BrFN2O/c1-8-11(16)6-17-13(12(8)14)18-7-9-4-2-3-5-10(9)15/h2-6H,7,16H2,1H3. The Kier molecular flexibility index (Phi) is 3.81. The number of benzene rings is 1. The molecule has 0 saturated carbocycles. The Morgan fingerprint density at radius 2 is 2.11 bits per heavy atom. The monoisotopic (exact) mass is 310 g/mol. The molecular formula is C13H12BrFN2O. The fraction of sp³-hybridized carbons (Fsp3) is 0.154. The number of aromatic nitrogens is 1. The van der Waals surface area contributed by atoms with Gasteiger partial charge in [-0.3, -0.25) is 0 Å². The van der Waals surface area contributed by atoms with Crippen LogP contribution in [0, 0.1) is 12.7 Å². The maximum absolute atomic E-state index is 13.4. The molecule has 3 nitrogen and oxygen atoms in total. The van der Waals surface area contributed by atoms with Gasteiger partial charge in [0, 0.05) is 5.56 Å². The van der Waals surface area contributed by atoms with Crippen molar-refractivity contribution >= 4 is 21.6 Å². The molecule has 0 fully saturated rings. The molecule has 2 aromatic rings. The molecule has 1 heterocycles. The van der Waals surface area contributed by atoms with Gasteiger partial charge in [0.15, 0.2) is 0 Å². The van der Waals surface area contributed by atoms with E-state index in [0.717, 1.165) is 5.56 Å². The number of nitrogen functional groups attached to an aromatic ring is 1. The largest absolute Gasteiger partial charge is 0.472 e. The van der Waals surface area contributed by atoms with Gasteiger partial charge in [-0.15, -0.1) is 0 Å². The molecule has 0 radical (unpaired) electrons. The Labute approximate surface area is 113 Å². The van der Waals surface area contributed by atoms with Gasteiger partial charge in [0.2, 0.25) is 5.88 Å². The molecule has 0 aliphatic carbocycles. The summed E-state index contributed by atoms with van der Waals surface area (Å²) >= 11 is 3.36. The van der Waals surface area contributed by atoms with Gasteiger partial charge in [0.05, 0.1) is 16.4 Å². The molecule has 0 unspecified atom stereocenters. The second-order valence-electron chi connectivity index (χ2n) is 3.84. The molecule has 0 amide bonds. The lowest BCUT2D eigenvalue weighted by atomic mass is 10.2. The minimum absolute atomic E-state index is 0.127. The van der Waals surface area contributed by atoms with Gasteiger partial charge in [-0.1, -0.05) is 18.2 Å². The van der Waals surface area contributed by atoms with Gasteiger partial charge in [-0.25, -0.2) is 9.37 Å². The first-order chi connectivity index (χ1) is 8.59. The Hall–Kier alpha value is -1.62. The molecule has 0 bridgehead atoms. The average molecular weight is 311 g/mol. The third-order valence-corrected chi connectivity index (χ3v) is 3.53. The van der Waals surface area contributed by atoms with Crippen molar-refractivity contribution in [2.24, 2.45) is 0 Å². The highest BCUT2D eigenvalue weighted by molar-refractivity contribution is 9.10. The number of nitrogens with two attached hydrogens (primary N) is 1. The fourth-order valence-corrected chi connectivity index (χ4v) is 1.88. The molecule has 94 valence electrons. The summed E-state index contributed by atoms with van der Waals surface area (Å²) in [5, 5.41) is 0. The molecule has 1 aromatic carbocycles. The minimum Gasteiger partial charge on any atom is -0.472 e. The highest BCUT2D eigenvalue weighted by Gasteiger charge is 2.09. The van der Waals surface area contributed by atoms with Gasteiger partial charge in [-0.05, 0) is 34.5 Å². The Morgan fingerprint density at radius 3 is 2.83 bits per heavy atom. The van der Waals surface area contributed by atoms with E-state index in [2.05, 4.69) is 20.9 Å². The van der Waals surface area contributed by atoms with Gasteiger partial charge >= 0.3 is 0 Å². The summed E-state index contributed by atoms with van der Waals surface area (Å²) in [4.78, 5) is 4.07. The van der Waals surface area contributed by atoms with Gasteiger partial charge in [-0.2, -0.15) is 0 Å². The SMILES string of the molecule is Cc1c(N)cnc(OCc2ccccc2F)c1Br. The van der Waals surface area contributed by atoms with Crippen LogP contribution in [0.4, 0.5) is 10.1 Å². The van der Waals surface area contributed by atoms with Crippen LogP contribution < -0.4 is 10.5 Å². The first-order valence-electron chi connectivity index (χ1n) is 5.36. The number of ether oxygens (including phenoxy) is 1. The van der Waals surface area contributed by atoms with Gasteiger partial charge in [0.25, 0.3) is 0 Å². The zero-order valence-electron chi connectivity index (χ0n) is 9.78. The van der Waals surface area contributed by atoms with Gasteiger partial charge < -0.3 is 10.5 Å². The summed E-state index contributed by atoms with van der Waals surface area (Å²) in [6, 6.07) is 6.47. The highest BCUT2D eigenvalue weighted by atomic mass is 79.9. The van der Waals surface area contributed by atoms with Gasteiger partial charge in [0.1, 0.15) is 12.4 Å². The van der Waals surface area contributed by atoms with Crippen molar-refractivity contribution in [3.05, 3.63) is 51.9 Å². The molecule has 1 aromatic heterocycles. The van der Waals surface area contributed by atoms with E-state index >= 15 is 0 Å². The van der Waals surface area contributed by atoms with E-state index < -0.39 is 0 Å². The van der Waals surface area contributed by atoms with Crippen molar-refractivity contribution in [1.29, 1.82) is 0 Å². The molecular weight excluding hydrogens is 299 g/mol. The van der Waals surface area contributed by atoms with E-state index in [-0.39, 0.29) is 12.4 Å². The van der Waals surface area contributed by atoms with E-state index in [4.69, 9.17) is 10.5 Å². The van der Waals surface area contributed by atoms with Crippen molar-refractivity contribution in [2.45, 2.75) is 13.5 Å². The van der Waals surface area contributed by atoms with E-state index in [1.165, 1.54) is 12.3 Å². The Balaban J connectivity index is 2.17. The molecule has 0 aliphatic rings. The van der Waals surface area contributed by atoms with Crippen LogP contribution in [0.2, 0.25) is 0 Å². The van der Waals surface area contributed by atoms with Crippen LogP contribution in [-0.2, 0) is 6.61 Å². The summed E-state index contributed by atoms with van der Waals surface area (Å²) in [5.74, 6) is 0.116. The topological polar surface area (TPSA) is 48.1 Å². The van der Waals surface area contributed by atoms with Crippen LogP contribution in [0.5, 0.6) is 5.88 Å². The third-order valence-electron chi connectivity index (χ3n) is 2.59. The first-order valence-corrected chi connectivity index (χ1v) is 6.15. The van der Waals surface area contributed by atoms with Crippen LogP contribution in [0.3, 0.4) is 0 Å². The number of pyridine rings is 1. The molecule has 18 heavy (non-hydrogen) atoms. The molecule has 2 N–H and O–H groups in total. The molecule has 2 rings (SSSR count). The normalized spacial score (nSPS) is 10.4. The first kappa shape index (κ1) is 12.8. The van der Waals surface area contributed by atoms with E-state index in [1.807, 2.05) is 6.92 Å². The lowest BCUT2D eigenvalue weighted by molar-refractivity contribution is 0.286. The zero-order valence-corrected chi connectivity index (χ0v) is 11.4. The fourth-order valence-electron chi connectivity index (χ4n) is 1.43. The van der Waals surface area contributed by atoms with Crippen molar-refractivity contribution in [3.8, 4) is 5.88 Å². The summed E-state index contributed by atoms with van der Waals surface area (Å²) in [5.41, 5.74) is 7.64. The Bertz CT molecular complexity index is 575. The third kappa shape index (κ3) is 2.61. The smallest absolute Gasteiger partial charge is 0.228 e. The molecule has 0 aliphatic heterocycles. The Morgan fingerprint density at radius 1 is 1.39 bits per heavy atom. The number of hydrogen-bond donors (Lipinski definition) is 1. The molecule has 5 heteroatoms. The number of nitrogens with zero attached hydrogens (tertiary/aromatic N) is 1. The van der Waals surface area contributed by atoms with Crippen molar-refractivity contribution in [3.63, 3.8) is 0 Å². The summed E-state index contributed by atoms with van der Waals surface area (Å²) in [6.45, 7) is 1.98. The van der Waals surface area contributed by atoms with Crippen molar-refractivity contribution in [2.75, 3.05) is 5.73 Å². The lowest BCUT2D eigenvalue weighted by Crippen LogP contribution is -2.02. The number of anilines is 1. The van der Waals surface area contributed by atoms with Crippen LogP contribution in [-0.4, -0.2) is 4.98 Å². The van der Waals surface area contributed by atoms with Crippen molar-refractivity contribution in [1.82, 2.24) is 4.98 Å². The second kappa shape index (κ2) is 5.35. The number of hydrogen-bond acceptors (Lipinski definition) is 3. The minimum atomic E-state index is -0.291. The predicted octanol–water partition coefficient (Wildman–Crippen LogP) is 3.45. The van der Waals surface area contributed by atoms with E-state index in [9.17, 15) is 4.39 Å². The number of rotatable bonds is 3. The molecule has 0 saturated heterocycles. The average Bonchev–Trinajstić information content (AvgIpc) is 2.37. The van der Waals surface area contributed by atoms with Crippen LogP contribution in [0.15, 0.2) is 34.9 Å². The zero-order chi connectivity index (χ0) is 13.1.